The lowest BCUT2D eigenvalue weighted by atomic mass is 10.1. The van der Waals surface area contributed by atoms with E-state index in [0.717, 1.165) is 36.5 Å². The summed E-state index contributed by atoms with van der Waals surface area (Å²) < 4.78 is 2.16. The van der Waals surface area contributed by atoms with Crippen LogP contribution in [0.3, 0.4) is 0 Å². The number of carboxylic acid groups (broad SMARTS) is 1. The Morgan fingerprint density at radius 1 is 1.33 bits per heavy atom. The Kier molecular flexibility index (Phi) is 6.45. The summed E-state index contributed by atoms with van der Waals surface area (Å²) in [4.78, 5) is 23.3. The fraction of sp³-hybridized carbons (Fsp3) is 0.478. The number of carbonyl (C=O) groups is 1. The molecule has 10 heteroatoms. The molecular formula is C23H29ClN6O3. The molecule has 0 spiro atoms. The molecule has 3 heterocycles. The highest BCUT2D eigenvalue weighted by Crippen LogP contribution is 2.31. The molecule has 1 saturated heterocycles. The van der Waals surface area contributed by atoms with Gasteiger partial charge in [-0.3, -0.25) is 5.10 Å². The number of anilines is 1. The molecule has 1 aliphatic heterocycles. The van der Waals surface area contributed by atoms with Crippen molar-refractivity contribution in [2.24, 2.45) is 4.99 Å². The van der Waals surface area contributed by atoms with E-state index in [1.54, 1.807) is 6.07 Å². The topological polar surface area (TPSA) is 120 Å². The van der Waals surface area contributed by atoms with Crippen molar-refractivity contribution in [1.29, 1.82) is 0 Å². The van der Waals surface area contributed by atoms with Gasteiger partial charge in [0, 0.05) is 12.6 Å². The Labute approximate surface area is 196 Å². The summed E-state index contributed by atoms with van der Waals surface area (Å²) in [6.07, 6.45) is 1.86. The first-order valence-corrected chi connectivity index (χ1v) is 11.6. The average Bonchev–Trinajstić information content (AvgIpc) is 3.41. The van der Waals surface area contributed by atoms with Crippen LogP contribution in [-0.2, 0) is 0 Å². The zero-order valence-corrected chi connectivity index (χ0v) is 20.0. The van der Waals surface area contributed by atoms with Gasteiger partial charge in [0.2, 0.25) is 5.95 Å². The largest absolute Gasteiger partial charge is 0.478 e. The number of nitrogens with one attached hydrogen (secondary N) is 1. The molecule has 1 unspecified atom stereocenters. The molecule has 33 heavy (non-hydrogen) atoms. The van der Waals surface area contributed by atoms with Crippen LogP contribution in [0.4, 0.5) is 11.6 Å². The standard InChI is InChI=1S/C23H29ClN6O3/c1-12(2)18-20-19(28-27-18)21(25-14-7-8-17(24)16(10-14)22(32)33)26-23(30(20)13(3)4)29-9-5-6-15(29)11-31/h7-8,10,12-13,15,31H,5-6,9,11H2,1-4H3,(H,27,28)(H,32,33). The molecule has 9 nitrogen and oxygen atoms in total. The van der Waals surface area contributed by atoms with Crippen molar-refractivity contribution < 1.29 is 15.0 Å². The molecule has 1 aromatic carbocycles. The molecule has 0 aliphatic carbocycles. The number of aromatic amines is 1. The zero-order valence-electron chi connectivity index (χ0n) is 19.2. The maximum atomic E-state index is 11.5. The highest BCUT2D eigenvalue weighted by molar-refractivity contribution is 6.33. The first-order valence-electron chi connectivity index (χ1n) is 11.2. The minimum absolute atomic E-state index is 0.0173. The van der Waals surface area contributed by atoms with Crippen molar-refractivity contribution in [1.82, 2.24) is 19.7 Å². The van der Waals surface area contributed by atoms with Crippen molar-refractivity contribution >= 4 is 40.2 Å². The number of benzene rings is 1. The molecule has 0 radical (unpaired) electrons. The van der Waals surface area contributed by atoms with Gasteiger partial charge in [0.15, 0.2) is 11.0 Å². The molecule has 2 aromatic heterocycles. The summed E-state index contributed by atoms with van der Waals surface area (Å²) in [7, 11) is 0. The van der Waals surface area contributed by atoms with E-state index in [2.05, 4.69) is 47.4 Å². The molecular weight excluding hydrogens is 444 g/mol. The van der Waals surface area contributed by atoms with E-state index in [0.29, 0.717) is 16.7 Å². The minimum Gasteiger partial charge on any atom is -0.478 e. The second-order valence-corrected chi connectivity index (χ2v) is 9.35. The van der Waals surface area contributed by atoms with Crippen molar-refractivity contribution in [2.75, 3.05) is 18.1 Å². The second-order valence-electron chi connectivity index (χ2n) is 8.94. The lowest BCUT2D eigenvalue weighted by Gasteiger charge is -2.29. The summed E-state index contributed by atoms with van der Waals surface area (Å²) >= 11 is 6.04. The van der Waals surface area contributed by atoms with Crippen LogP contribution in [0.25, 0.3) is 11.0 Å². The predicted molar refractivity (Wildman–Crippen MR) is 127 cm³/mol. The number of aliphatic hydroxyl groups excluding tert-OH is 1. The van der Waals surface area contributed by atoms with E-state index in [4.69, 9.17) is 21.6 Å². The molecule has 0 bridgehead atoms. The van der Waals surface area contributed by atoms with Crippen LogP contribution in [0.15, 0.2) is 23.2 Å². The van der Waals surface area contributed by atoms with E-state index in [9.17, 15) is 15.0 Å². The first-order chi connectivity index (χ1) is 15.7. The van der Waals surface area contributed by atoms with Crippen molar-refractivity contribution in [3.63, 3.8) is 0 Å². The summed E-state index contributed by atoms with van der Waals surface area (Å²) in [5.41, 5.74) is 3.30. The maximum absolute atomic E-state index is 11.5. The lowest BCUT2D eigenvalue weighted by molar-refractivity contribution is 0.0697. The SMILES string of the molecule is CC(C)c1[nH]nc2c(=Nc3ccc(Cl)c(C(=O)O)c3)nc(N3CCCC3CO)n(C(C)C)c12. The van der Waals surface area contributed by atoms with E-state index >= 15 is 0 Å². The zero-order chi connectivity index (χ0) is 23.9. The monoisotopic (exact) mass is 472 g/mol. The Balaban J connectivity index is 2.05. The maximum Gasteiger partial charge on any atom is 0.337 e. The van der Waals surface area contributed by atoms with Crippen LogP contribution < -0.4 is 10.4 Å². The number of carboxylic acids is 1. The number of fused-ring (bicyclic) bond motifs is 1. The predicted octanol–water partition coefficient (Wildman–Crippen LogP) is 4.01. The summed E-state index contributed by atoms with van der Waals surface area (Å²) in [6.45, 7) is 9.22. The molecule has 3 N–H and O–H groups in total. The Morgan fingerprint density at radius 3 is 2.73 bits per heavy atom. The number of hydrogen-bond donors (Lipinski definition) is 3. The number of aliphatic hydroxyl groups is 1. The van der Waals surface area contributed by atoms with Crippen molar-refractivity contribution in [3.05, 3.63) is 40.0 Å². The molecule has 1 aliphatic rings. The fourth-order valence-corrected chi connectivity index (χ4v) is 4.58. The Bertz CT molecular complexity index is 1260. The Morgan fingerprint density at radius 2 is 2.09 bits per heavy atom. The average molecular weight is 473 g/mol. The van der Waals surface area contributed by atoms with E-state index in [1.807, 2.05) is 0 Å². The van der Waals surface area contributed by atoms with Crippen LogP contribution in [0.2, 0.25) is 5.02 Å². The highest BCUT2D eigenvalue weighted by atomic mass is 35.5. The smallest absolute Gasteiger partial charge is 0.337 e. The van der Waals surface area contributed by atoms with Gasteiger partial charge in [-0.05, 0) is 50.8 Å². The molecule has 3 aromatic rings. The second kappa shape index (κ2) is 9.15. The number of aromatic nitrogens is 4. The number of aromatic carboxylic acids is 1. The van der Waals surface area contributed by atoms with E-state index in [-0.39, 0.29) is 35.2 Å². The van der Waals surface area contributed by atoms with Gasteiger partial charge in [-0.25, -0.2) is 9.79 Å². The lowest BCUT2D eigenvalue weighted by Crippen LogP contribution is -2.37. The molecule has 1 atom stereocenters. The number of rotatable bonds is 6. The molecule has 0 saturated carbocycles. The molecule has 1 fully saturated rings. The number of hydrogen-bond acceptors (Lipinski definition) is 6. The van der Waals surface area contributed by atoms with Gasteiger partial charge in [0.05, 0.1) is 40.1 Å². The number of halogens is 1. The van der Waals surface area contributed by atoms with Crippen LogP contribution in [0.5, 0.6) is 0 Å². The van der Waals surface area contributed by atoms with Gasteiger partial charge < -0.3 is 19.7 Å². The third-order valence-corrected chi connectivity index (χ3v) is 6.33. The highest BCUT2D eigenvalue weighted by Gasteiger charge is 2.30. The van der Waals surface area contributed by atoms with Gasteiger partial charge in [-0.15, -0.1) is 0 Å². The first kappa shape index (κ1) is 23.3. The fourth-order valence-electron chi connectivity index (χ4n) is 4.38. The molecule has 176 valence electrons. The number of H-pyrrole nitrogens is 1. The van der Waals surface area contributed by atoms with E-state index in [1.165, 1.54) is 12.1 Å². The summed E-state index contributed by atoms with van der Waals surface area (Å²) in [6, 6.07) is 4.69. The van der Waals surface area contributed by atoms with Crippen molar-refractivity contribution in [3.8, 4) is 0 Å². The van der Waals surface area contributed by atoms with Crippen LogP contribution in [-0.4, -0.2) is 55.1 Å². The van der Waals surface area contributed by atoms with Gasteiger partial charge >= 0.3 is 5.97 Å². The van der Waals surface area contributed by atoms with Gasteiger partial charge in [-0.2, -0.15) is 10.1 Å². The normalized spacial score (nSPS) is 17.2. The third kappa shape index (κ3) is 4.22. The van der Waals surface area contributed by atoms with E-state index < -0.39 is 5.97 Å². The van der Waals surface area contributed by atoms with Gasteiger partial charge in [0.1, 0.15) is 0 Å². The summed E-state index contributed by atoms with van der Waals surface area (Å²) in [5.74, 6) is -0.209. The molecule has 4 rings (SSSR count). The van der Waals surface area contributed by atoms with Crippen LogP contribution in [0, 0.1) is 0 Å². The molecule has 0 amide bonds. The minimum atomic E-state index is -1.12. The number of nitrogens with zero attached hydrogens (tertiary/aromatic N) is 5. The van der Waals surface area contributed by atoms with Crippen LogP contribution in [0.1, 0.15) is 68.5 Å². The van der Waals surface area contributed by atoms with Gasteiger partial charge in [-0.1, -0.05) is 25.4 Å². The quantitative estimate of drug-likeness (QED) is 0.498. The van der Waals surface area contributed by atoms with Gasteiger partial charge in [0.25, 0.3) is 0 Å². The summed E-state index contributed by atoms with van der Waals surface area (Å²) in [5, 5.41) is 27.3. The van der Waals surface area contributed by atoms with Crippen molar-refractivity contribution in [2.45, 2.75) is 58.5 Å². The Hall–Kier alpha value is -2.91. The third-order valence-electron chi connectivity index (χ3n) is 6.00. The van der Waals surface area contributed by atoms with Crippen LogP contribution >= 0.6 is 11.6 Å².